The second-order valence-corrected chi connectivity index (χ2v) is 10.6. The topological polar surface area (TPSA) is 46.5 Å². The van der Waals surface area contributed by atoms with Crippen molar-refractivity contribution in [2.75, 3.05) is 27.2 Å². The minimum Gasteiger partial charge on any atom is -0.459 e. The number of carbonyl (C=O) groups is 1. The van der Waals surface area contributed by atoms with Crippen LogP contribution in [0.25, 0.3) is 0 Å². The first-order chi connectivity index (χ1) is 15.2. The number of aliphatic hydroxyl groups excluding tert-OH is 1. The molecule has 4 nitrogen and oxygen atoms in total. The van der Waals surface area contributed by atoms with E-state index in [1.807, 2.05) is 6.92 Å². The zero-order valence-electron chi connectivity index (χ0n) is 22.3. The molecule has 0 radical (unpaired) electrons. The lowest BCUT2D eigenvalue weighted by atomic mass is 10.0. The van der Waals surface area contributed by atoms with Gasteiger partial charge in [-0.2, -0.15) is 0 Å². The van der Waals surface area contributed by atoms with E-state index in [4.69, 9.17) is 4.74 Å². The second-order valence-electron chi connectivity index (χ2n) is 10.6. The van der Waals surface area contributed by atoms with Crippen molar-refractivity contribution >= 4 is 5.97 Å². The van der Waals surface area contributed by atoms with Crippen molar-refractivity contribution in [1.29, 1.82) is 0 Å². The van der Waals surface area contributed by atoms with Crippen LogP contribution in [0.15, 0.2) is 12.2 Å². The summed E-state index contributed by atoms with van der Waals surface area (Å²) < 4.78 is 6.58. The molecule has 0 aromatic rings. The molecule has 0 amide bonds. The molecule has 0 aromatic heterocycles. The van der Waals surface area contributed by atoms with Crippen molar-refractivity contribution in [2.24, 2.45) is 0 Å². The molecule has 0 spiro atoms. The Hall–Kier alpha value is -0.870. The van der Waals surface area contributed by atoms with Gasteiger partial charge in [0.1, 0.15) is 6.10 Å². The highest BCUT2D eigenvalue weighted by molar-refractivity contribution is 5.87. The number of hydrogen-bond donors (Lipinski definition) is 1. The Kier molecular flexibility index (Phi) is 19.1. The monoisotopic (exact) mass is 454 g/mol. The van der Waals surface area contributed by atoms with E-state index in [1.54, 1.807) is 6.92 Å². The van der Waals surface area contributed by atoms with Gasteiger partial charge in [-0.3, -0.25) is 0 Å². The zero-order valence-corrected chi connectivity index (χ0v) is 22.3. The highest BCUT2D eigenvalue weighted by Gasteiger charge is 2.21. The third-order valence-electron chi connectivity index (χ3n) is 6.46. The number of unbranched alkanes of at least 4 members (excludes halogenated alkanes) is 12. The zero-order chi connectivity index (χ0) is 24.2. The third kappa shape index (κ3) is 19.8. The Morgan fingerprint density at radius 2 is 1.25 bits per heavy atom. The van der Waals surface area contributed by atoms with E-state index in [0.717, 1.165) is 43.3 Å². The molecule has 190 valence electrons. The Morgan fingerprint density at radius 1 is 0.812 bits per heavy atom. The van der Waals surface area contributed by atoms with Crippen LogP contribution in [0, 0.1) is 0 Å². The normalized spacial score (nSPS) is 13.7. The lowest BCUT2D eigenvalue weighted by Crippen LogP contribution is -2.43. The largest absolute Gasteiger partial charge is 0.459 e. The average Bonchev–Trinajstić information content (AvgIpc) is 2.73. The molecule has 0 heterocycles. The Labute approximate surface area is 200 Å². The quantitative estimate of drug-likeness (QED) is 0.0814. The van der Waals surface area contributed by atoms with Crippen LogP contribution in [0.2, 0.25) is 0 Å². The fourth-order valence-electron chi connectivity index (χ4n) is 4.05. The third-order valence-corrected chi connectivity index (χ3v) is 6.46. The lowest BCUT2D eigenvalue weighted by molar-refractivity contribution is -0.891. The van der Waals surface area contributed by atoms with Crippen LogP contribution in [-0.2, 0) is 9.53 Å². The SMILES string of the molecule is C=C(C)C(=O)OC(CCCCCCCCCCCCCCC)CC[N+](C)(C)CCC(C)O. The molecule has 0 aliphatic carbocycles. The van der Waals surface area contributed by atoms with Gasteiger partial charge in [0.2, 0.25) is 0 Å². The summed E-state index contributed by atoms with van der Waals surface area (Å²) in [5.41, 5.74) is 0.475. The molecule has 4 heteroatoms. The summed E-state index contributed by atoms with van der Waals surface area (Å²) in [6, 6.07) is 0. The van der Waals surface area contributed by atoms with Gasteiger partial charge in [0.05, 0.1) is 33.3 Å². The number of carbonyl (C=O) groups excluding carboxylic acids is 1. The fraction of sp³-hybridized carbons (Fsp3) is 0.893. The van der Waals surface area contributed by atoms with Gasteiger partial charge in [0.25, 0.3) is 0 Å². The van der Waals surface area contributed by atoms with Gasteiger partial charge in [-0.25, -0.2) is 4.79 Å². The summed E-state index contributed by atoms with van der Waals surface area (Å²) in [6.07, 6.45) is 19.8. The maximum Gasteiger partial charge on any atom is 0.333 e. The van der Waals surface area contributed by atoms with Crippen molar-refractivity contribution in [3.8, 4) is 0 Å². The van der Waals surface area contributed by atoms with Crippen LogP contribution in [0.5, 0.6) is 0 Å². The number of aliphatic hydroxyl groups is 1. The number of nitrogens with zero attached hydrogens (tertiary/aromatic N) is 1. The minimum atomic E-state index is -0.268. The number of esters is 1. The summed E-state index contributed by atoms with van der Waals surface area (Å²) in [4.78, 5) is 12.1. The first kappa shape index (κ1) is 31.1. The molecule has 0 saturated heterocycles. The van der Waals surface area contributed by atoms with Gasteiger partial charge in [0, 0.05) is 18.4 Å². The Morgan fingerprint density at radius 3 is 1.69 bits per heavy atom. The van der Waals surface area contributed by atoms with E-state index in [0.29, 0.717) is 5.57 Å². The Balaban J connectivity index is 4.03. The molecule has 0 fully saturated rings. The summed E-state index contributed by atoms with van der Waals surface area (Å²) in [7, 11) is 4.37. The molecular formula is C28H56NO3+. The van der Waals surface area contributed by atoms with Crippen LogP contribution in [0.4, 0.5) is 0 Å². The van der Waals surface area contributed by atoms with Crippen LogP contribution < -0.4 is 0 Å². The highest BCUT2D eigenvalue weighted by atomic mass is 16.5. The molecular weight excluding hydrogens is 398 g/mol. The Bertz CT molecular complexity index is 473. The van der Waals surface area contributed by atoms with Crippen molar-refractivity contribution < 1.29 is 19.1 Å². The molecule has 2 unspecified atom stereocenters. The molecule has 32 heavy (non-hydrogen) atoms. The molecule has 1 N–H and O–H groups in total. The molecule has 0 aromatic carbocycles. The molecule has 0 aliphatic heterocycles. The van der Waals surface area contributed by atoms with Crippen LogP contribution >= 0.6 is 0 Å². The lowest BCUT2D eigenvalue weighted by Gasteiger charge is -2.32. The maximum absolute atomic E-state index is 12.1. The van der Waals surface area contributed by atoms with Crippen molar-refractivity contribution in [3.05, 3.63) is 12.2 Å². The molecule has 2 atom stereocenters. The maximum atomic E-state index is 12.1. The minimum absolute atomic E-state index is 0.0316. The van der Waals surface area contributed by atoms with Gasteiger partial charge in [-0.1, -0.05) is 90.6 Å². The van der Waals surface area contributed by atoms with E-state index >= 15 is 0 Å². The fourth-order valence-corrected chi connectivity index (χ4v) is 4.05. The van der Waals surface area contributed by atoms with Crippen molar-refractivity contribution in [3.63, 3.8) is 0 Å². The molecule has 0 aliphatic rings. The summed E-state index contributed by atoms with van der Waals surface area (Å²) in [5.74, 6) is -0.265. The predicted molar refractivity (Wildman–Crippen MR) is 138 cm³/mol. The number of hydrogen-bond acceptors (Lipinski definition) is 3. The first-order valence-corrected chi connectivity index (χ1v) is 13.5. The number of rotatable bonds is 22. The summed E-state index contributed by atoms with van der Waals surface area (Å²) >= 11 is 0. The molecule has 0 saturated carbocycles. The average molecular weight is 455 g/mol. The van der Waals surface area contributed by atoms with E-state index in [2.05, 4.69) is 27.6 Å². The molecule has 0 rings (SSSR count). The van der Waals surface area contributed by atoms with Crippen LogP contribution in [-0.4, -0.2) is 55.0 Å². The number of quaternary nitrogens is 1. The summed E-state index contributed by atoms with van der Waals surface area (Å²) in [5, 5.41) is 9.57. The van der Waals surface area contributed by atoms with E-state index < -0.39 is 0 Å². The van der Waals surface area contributed by atoms with Gasteiger partial charge in [0.15, 0.2) is 0 Å². The smallest absolute Gasteiger partial charge is 0.333 e. The first-order valence-electron chi connectivity index (χ1n) is 13.5. The van der Waals surface area contributed by atoms with Crippen molar-refractivity contribution in [1.82, 2.24) is 0 Å². The van der Waals surface area contributed by atoms with Crippen LogP contribution in [0.1, 0.15) is 124 Å². The van der Waals surface area contributed by atoms with Gasteiger partial charge in [-0.05, 0) is 26.7 Å². The van der Waals surface area contributed by atoms with E-state index in [9.17, 15) is 9.90 Å². The van der Waals surface area contributed by atoms with Crippen molar-refractivity contribution in [2.45, 2.75) is 136 Å². The van der Waals surface area contributed by atoms with Crippen LogP contribution in [0.3, 0.4) is 0 Å². The van der Waals surface area contributed by atoms with E-state index in [-0.39, 0.29) is 18.2 Å². The predicted octanol–water partition coefficient (Wildman–Crippen LogP) is 7.19. The highest BCUT2D eigenvalue weighted by Crippen LogP contribution is 2.17. The second kappa shape index (κ2) is 19.6. The van der Waals surface area contributed by atoms with Gasteiger partial charge < -0.3 is 14.3 Å². The number of ether oxygens (including phenoxy) is 1. The van der Waals surface area contributed by atoms with Gasteiger partial charge in [-0.15, -0.1) is 0 Å². The van der Waals surface area contributed by atoms with E-state index in [1.165, 1.54) is 77.0 Å². The van der Waals surface area contributed by atoms with Gasteiger partial charge >= 0.3 is 5.97 Å². The summed E-state index contributed by atoms with van der Waals surface area (Å²) in [6.45, 7) is 11.4. The molecule has 0 bridgehead atoms. The standard InChI is InChI=1S/C28H56NO3/c1-7-8-9-10-11-12-13-14-15-16-17-18-19-20-27(32-28(31)25(2)3)22-24-29(5,6)23-21-26(4)30/h26-27,30H,2,7-24H2,1,3-6H3/q+1.